The molecule has 156 valence electrons. The smallest absolute Gasteiger partial charge is 0.260 e. The first-order valence-corrected chi connectivity index (χ1v) is 10.3. The van der Waals surface area contributed by atoms with Gasteiger partial charge in [-0.25, -0.2) is 0 Å². The molecule has 0 aromatic heterocycles. The molecule has 2 atom stereocenters. The van der Waals surface area contributed by atoms with Crippen molar-refractivity contribution in [3.8, 4) is 5.75 Å². The first-order chi connectivity index (χ1) is 13.3. The fourth-order valence-electron chi connectivity index (χ4n) is 3.78. The number of carbonyl (C=O) groups excluding carboxylic acids is 2. The number of hydrogen-bond acceptors (Lipinski definition) is 4. The SMILES string of the molecule is Cc1cc(OC(C)C(=O)NCCCN2CCCC(C(N)=O)C2)ccc1C(C)C. The van der Waals surface area contributed by atoms with E-state index in [0.29, 0.717) is 12.5 Å². The lowest BCUT2D eigenvalue weighted by Crippen LogP contribution is -2.42. The molecule has 2 rings (SSSR count). The molecule has 1 aromatic carbocycles. The molecule has 0 saturated carbocycles. The van der Waals surface area contributed by atoms with Gasteiger partial charge in [-0.15, -0.1) is 0 Å². The number of nitrogens with one attached hydrogen (secondary N) is 1. The normalized spacial score (nSPS) is 18.7. The van der Waals surface area contributed by atoms with E-state index in [-0.39, 0.29) is 17.7 Å². The summed E-state index contributed by atoms with van der Waals surface area (Å²) in [7, 11) is 0. The minimum Gasteiger partial charge on any atom is -0.481 e. The highest BCUT2D eigenvalue weighted by atomic mass is 16.5. The zero-order valence-corrected chi connectivity index (χ0v) is 17.7. The molecule has 3 N–H and O–H groups in total. The van der Waals surface area contributed by atoms with Gasteiger partial charge in [0.1, 0.15) is 5.75 Å². The van der Waals surface area contributed by atoms with Crippen LogP contribution < -0.4 is 15.8 Å². The van der Waals surface area contributed by atoms with E-state index in [1.165, 1.54) is 11.1 Å². The zero-order chi connectivity index (χ0) is 20.7. The fourth-order valence-corrected chi connectivity index (χ4v) is 3.78. The number of rotatable bonds is 9. The lowest BCUT2D eigenvalue weighted by Gasteiger charge is -2.31. The molecule has 1 aromatic rings. The van der Waals surface area contributed by atoms with Gasteiger partial charge in [0.05, 0.1) is 5.92 Å². The lowest BCUT2D eigenvalue weighted by atomic mass is 9.97. The van der Waals surface area contributed by atoms with Crippen molar-refractivity contribution >= 4 is 11.8 Å². The Morgan fingerprint density at radius 2 is 2.07 bits per heavy atom. The molecule has 1 fully saturated rings. The van der Waals surface area contributed by atoms with Crippen LogP contribution in [-0.2, 0) is 9.59 Å². The van der Waals surface area contributed by atoms with Crippen molar-refractivity contribution in [1.29, 1.82) is 0 Å². The highest BCUT2D eigenvalue weighted by Crippen LogP contribution is 2.24. The van der Waals surface area contributed by atoms with E-state index in [4.69, 9.17) is 10.5 Å². The second-order valence-electron chi connectivity index (χ2n) is 8.12. The number of carbonyl (C=O) groups is 2. The van der Waals surface area contributed by atoms with Crippen molar-refractivity contribution < 1.29 is 14.3 Å². The Hall–Kier alpha value is -2.08. The van der Waals surface area contributed by atoms with Gasteiger partial charge in [-0.3, -0.25) is 9.59 Å². The number of primary amides is 1. The van der Waals surface area contributed by atoms with Crippen LogP contribution in [0.2, 0.25) is 0 Å². The van der Waals surface area contributed by atoms with Gasteiger partial charge in [-0.05, 0) is 75.4 Å². The van der Waals surface area contributed by atoms with Crippen molar-refractivity contribution in [1.82, 2.24) is 10.2 Å². The Balaban J connectivity index is 1.71. The summed E-state index contributed by atoms with van der Waals surface area (Å²) in [6, 6.07) is 5.99. The molecule has 2 amide bonds. The highest BCUT2D eigenvalue weighted by Gasteiger charge is 2.23. The summed E-state index contributed by atoms with van der Waals surface area (Å²) in [6.07, 6.45) is 2.18. The topological polar surface area (TPSA) is 84.7 Å². The predicted molar refractivity (Wildman–Crippen MR) is 111 cm³/mol. The quantitative estimate of drug-likeness (QED) is 0.636. The van der Waals surface area contributed by atoms with Crippen LogP contribution in [0.5, 0.6) is 5.75 Å². The standard InChI is InChI=1S/C22H35N3O3/c1-15(2)20-9-8-19(13-16(20)3)28-17(4)22(27)24-10-6-12-25-11-5-7-18(14-25)21(23)26/h8-9,13,15,17-18H,5-7,10-12,14H2,1-4H3,(H2,23,26)(H,24,27). The lowest BCUT2D eigenvalue weighted by molar-refractivity contribution is -0.127. The van der Waals surface area contributed by atoms with Gasteiger partial charge in [0, 0.05) is 13.1 Å². The Bertz CT molecular complexity index is 675. The first kappa shape index (κ1) is 22.2. The molecule has 28 heavy (non-hydrogen) atoms. The first-order valence-electron chi connectivity index (χ1n) is 10.3. The Morgan fingerprint density at radius 3 is 2.71 bits per heavy atom. The molecule has 2 unspecified atom stereocenters. The predicted octanol–water partition coefficient (Wildman–Crippen LogP) is 2.59. The number of amides is 2. The van der Waals surface area contributed by atoms with E-state index >= 15 is 0 Å². The average molecular weight is 390 g/mol. The van der Waals surface area contributed by atoms with Crippen LogP contribution in [0.1, 0.15) is 57.1 Å². The Labute approximate surface area is 168 Å². The highest BCUT2D eigenvalue weighted by molar-refractivity contribution is 5.80. The third-order valence-electron chi connectivity index (χ3n) is 5.40. The summed E-state index contributed by atoms with van der Waals surface area (Å²) < 4.78 is 5.81. The average Bonchev–Trinajstić information content (AvgIpc) is 2.65. The van der Waals surface area contributed by atoms with E-state index in [0.717, 1.165) is 44.6 Å². The molecule has 1 heterocycles. The van der Waals surface area contributed by atoms with Crippen molar-refractivity contribution in [2.24, 2.45) is 11.7 Å². The number of nitrogens with zero attached hydrogens (tertiary/aromatic N) is 1. The van der Waals surface area contributed by atoms with Crippen LogP contribution in [0.25, 0.3) is 0 Å². The van der Waals surface area contributed by atoms with Crippen LogP contribution >= 0.6 is 0 Å². The van der Waals surface area contributed by atoms with Crippen LogP contribution in [-0.4, -0.2) is 49.0 Å². The maximum absolute atomic E-state index is 12.3. The van der Waals surface area contributed by atoms with Gasteiger partial charge >= 0.3 is 0 Å². The van der Waals surface area contributed by atoms with Gasteiger partial charge in [0.2, 0.25) is 5.91 Å². The molecule has 6 heteroatoms. The number of piperidine rings is 1. The van der Waals surface area contributed by atoms with Gasteiger partial charge < -0.3 is 20.7 Å². The molecule has 0 aliphatic carbocycles. The number of ether oxygens (including phenoxy) is 1. The second-order valence-corrected chi connectivity index (χ2v) is 8.12. The molecule has 1 aliphatic heterocycles. The number of hydrogen-bond donors (Lipinski definition) is 2. The maximum Gasteiger partial charge on any atom is 0.260 e. The monoisotopic (exact) mass is 389 g/mol. The minimum atomic E-state index is -0.543. The summed E-state index contributed by atoms with van der Waals surface area (Å²) >= 11 is 0. The fraction of sp³-hybridized carbons (Fsp3) is 0.636. The molecule has 0 spiro atoms. The maximum atomic E-state index is 12.3. The summed E-state index contributed by atoms with van der Waals surface area (Å²) in [5.41, 5.74) is 7.89. The van der Waals surface area contributed by atoms with E-state index in [1.54, 1.807) is 6.92 Å². The Kier molecular flexibility index (Phi) is 8.30. The van der Waals surface area contributed by atoms with Crippen LogP contribution in [0.4, 0.5) is 0 Å². The van der Waals surface area contributed by atoms with E-state index in [2.05, 4.69) is 37.1 Å². The summed E-state index contributed by atoms with van der Waals surface area (Å²) in [4.78, 5) is 25.9. The Morgan fingerprint density at radius 1 is 1.32 bits per heavy atom. The van der Waals surface area contributed by atoms with E-state index in [1.807, 2.05) is 12.1 Å². The second kappa shape index (κ2) is 10.5. The van der Waals surface area contributed by atoms with Gasteiger partial charge in [0.25, 0.3) is 5.91 Å². The largest absolute Gasteiger partial charge is 0.481 e. The minimum absolute atomic E-state index is 0.0395. The van der Waals surface area contributed by atoms with Crippen molar-refractivity contribution in [2.45, 2.75) is 59.0 Å². The molecular weight excluding hydrogens is 354 g/mol. The number of benzene rings is 1. The zero-order valence-electron chi connectivity index (χ0n) is 17.7. The van der Waals surface area contributed by atoms with Gasteiger partial charge in [-0.1, -0.05) is 19.9 Å². The number of aryl methyl sites for hydroxylation is 1. The van der Waals surface area contributed by atoms with Gasteiger partial charge in [-0.2, -0.15) is 0 Å². The summed E-state index contributed by atoms with van der Waals surface area (Å²) in [5.74, 6) is 0.825. The molecule has 0 radical (unpaired) electrons. The van der Waals surface area contributed by atoms with E-state index < -0.39 is 6.10 Å². The number of likely N-dealkylation sites (tertiary alicyclic amines) is 1. The molecular formula is C22H35N3O3. The molecule has 1 saturated heterocycles. The summed E-state index contributed by atoms with van der Waals surface area (Å²) in [6.45, 7) is 11.3. The van der Waals surface area contributed by atoms with Crippen LogP contribution in [0.15, 0.2) is 18.2 Å². The van der Waals surface area contributed by atoms with Crippen LogP contribution in [0.3, 0.4) is 0 Å². The molecule has 1 aliphatic rings. The summed E-state index contributed by atoms with van der Waals surface area (Å²) in [5, 5.41) is 2.94. The van der Waals surface area contributed by atoms with Gasteiger partial charge in [0.15, 0.2) is 6.10 Å². The molecule has 6 nitrogen and oxygen atoms in total. The molecule has 0 bridgehead atoms. The van der Waals surface area contributed by atoms with E-state index in [9.17, 15) is 9.59 Å². The van der Waals surface area contributed by atoms with Crippen molar-refractivity contribution in [3.63, 3.8) is 0 Å². The van der Waals surface area contributed by atoms with Crippen molar-refractivity contribution in [3.05, 3.63) is 29.3 Å². The van der Waals surface area contributed by atoms with Crippen molar-refractivity contribution in [2.75, 3.05) is 26.2 Å². The third kappa shape index (κ3) is 6.51. The third-order valence-corrected chi connectivity index (χ3v) is 5.40. The van der Waals surface area contributed by atoms with Crippen LogP contribution in [0, 0.1) is 12.8 Å². The number of nitrogens with two attached hydrogens (primary N) is 1.